The monoisotopic (exact) mass is 263 g/mol. The van der Waals surface area contributed by atoms with E-state index in [4.69, 9.17) is 5.73 Å². The molecule has 4 N–H and O–H groups in total. The highest BCUT2D eigenvalue weighted by atomic mass is 16.2. The zero-order valence-electron chi connectivity index (χ0n) is 11.4. The molecule has 1 rings (SSSR count). The summed E-state index contributed by atoms with van der Waals surface area (Å²) in [4.78, 5) is 22.4. The quantitative estimate of drug-likeness (QED) is 0.725. The predicted octanol–water partition coefficient (Wildman–Crippen LogP) is 1.39. The van der Waals surface area contributed by atoms with Gasteiger partial charge in [0.2, 0.25) is 11.8 Å². The predicted molar refractivity (Wildman–Crippen MR) is 75.5 cm³/mol. The molecule has 5 nitrogen and oxygen atoms in total. The van der Waals surface area contributed by atoms with Crippen molar-refractivity contribution in [3.8, 4) is 0 Å². The molecule has 1 aromatic carbocycles. The Kier molecular flexibility index (Phi) is 6.02. The number of amides is 2. The topological polar surface area (TPSA) is 84.2 Å². The minimum Gasteiger partial charge on any atom is -0.352 e. The molecule has 0 heterocycles. The fraction of sp³-hybridized carbons (Fsp3) is 0.429. The van der Waals surface area contributed by atoms with E-state index in [-0.39, 0.29) is 17.9 Å². The lowest BCUT2D eigenvalue weighted by molar-refractivity contribution is -0.121. The van der Waals surface area contributed by atoms with Gasteiger partial charge in [-0.2, -0.15) is 0 Å². The molecular formula is C14H21N3O2. The number of nitrogens with two attached hydrogens (primary N) is 1. The molecule has 0 aliphatic heterocycles. The Morgan fingerprint density at radius 1 is 1.26 bits per heavy atom. The molecule has 0 aliphatic carbocycles. The van der Waals surface area contributed by atoms with Crippen LogP contribution in [-0.2, 0) is 16.1 Å². The molecule has 0 aliphatic rings. The highest BCUT2D eigenvalue weighted by molar-refractivity contribution is 5.88. The van der Waals surface area contributed by atoms with Gasteiger partial charge in [0.05, 0.1) is 0 Å². The zero-order valence-corrected chi connectivity index (χ0v) is 11.4. The number of benzene rings is 1. The summed E-state index contributed by atoms with van der Waals surface area (Å²) in [6, 6.07) is 7.41. The van der Waals surface area contributed by atoms with Crippen LogP contribution in [0.1, 0.15) is 32.3 Å². The van der Waals surface area contributed by atoms with E-state index in [2.05, 4.69) is 10.6 Å². The van der Waals surface area contributed by atoms with E-state index in [1.807, 2.05) is 31.2 Å². The highest BCUT2D eigenvalue weighted by Crippen LogP contribution is 2.09. The third-order valence-corrected chi connectivity index (χ3v) is 2.59. The van der Waals surface area contributed by atoms with Crippen LogP contribution in [0.2, 0.25) is 0 Å². The molecule has 0 saturated carbocycles. The second-order valence-electron chi connectivity index (χ2n) is 4.67. The molecule has 19 heavy (non-hydrogen) atoms. The largest absolute Gasteiger partial charge is 0.352 e. The van der Waals surface area contributed by atoms with E-state index >= 15 is 0 Å². The van der Waals surface area contributed by atoms with Crippen molar-refractivity contribution in [1.82, 2.24) is 5.32 Å². The summed E-state index contributed by atoms with van der Waals surface area (Å²) in [5.74, 6) is -0.0970. The number of hydrogen-bond acceptors (Lipinski definition) is 3. The van der Waals surface area contributed by atoms with E-state index < -0.39 is 0 Å². The van der Waals surface area contributed by atoms with Gasteiger partial charge in [-0.05, 0) is 31.0 Å². The molecule has 0 bridgehead atoms. The molecule has 5 heteroatoms. The van der Waals surface area contributed by atoms with E-state index in [0.29, 0.717) is 19.4 Å². The lowest BCUT2D eigenvalue weighted by atomic mass is 10.1. The first-order chi connectivity index (χ1) is 8.97. The molecule has 104 valence electrons. The summed E-state index contributed by atoms with van der Waals surface area (Å²) < 4.78 is 0. The molecule has 0 aromatic heterocycles. The van der Waals surface area contributed by atoms with E-state index in [1.54, 1.807) is 0 Å². The van der Waals surface area contributed by atoms with Gasteiger partial charge in [-0.3, -0.25) is 9.59 Å². The van der Waals surface area contributed by atoms with Crippen molar-refractivity contribution < 1.29 is 9.59 Å². The maximum absolute atomic E-state index is 11.5. The van der Waals surface area contributed by atoms with Crippen molar-refractivity contribution in [2.45, 2.75) is 39.3 Å². The summed E-state index contributed by atoms with van der Waals surface area (Å²) in [6.45, 7) is 3.83. The van der Waals surface area contributed by atoms with Gasteiger partial charge in [0.15, 0.2) is 0 Å². The minimum atomic E-state index is -0.100. The maximum Gasteiger partial charge on any atom is 0.221 e. The number of hydrogen-bond donors (Lipinski definition) is 3. The van der Waals surface area contributed by atoms with E-state index in [9.17, 15) is 9.59 Å². The highest BCUT2D eigenvalue weighted by Gasteiger charge is 2.03. The third kappa shape index (κ3) is 6.57. The SMILES string of the molecule is CC(=O)Nc1ccc(CNC(=O)CCC(C)N)cc1. The second-order valence-corrected chi connectivity index (χ2v) is 4.67. The Bertz CT molecular complexity index is 427. The number of anilines is 1. The van der Waals surface area contributed by atoms with E-state index in [1.165, 1.54) is 6.92 Å². The number of carbonyl (C=O) groups is 2. The zero-order chi connectivity index (χ0) is 14.3. The first-order valence-electron chi connectivity index (χ1n) is 6.36. The summed E-state index contributed by atoms with van der Waals surface area (Å²) in [7, 11) is 0. The fourth-order valence-electron chi connectivity index (χ4n) is 1.56. The fourth-order valence-corrected chi connectivity index (χ4v) is 1.56. The smallest absolute Gasteiger partial charge is 0.221 e. The van der Waals surface area contributed by atoms with Crippen molar-refractivity contribution in [2.24, 2.45) is 5.73 Å². The average Bonchev–Trinajstić information content (AvgIpc) is 2.35. The first kappa shape index (κ1) is 15.2. The average molecular weight is 263 g/mol. The van der Waals surface area contributed by atoms with Crippen molar-refractivity contribution in [2.75, 3.05) is 5.32 Å². The normalized spacial score (nSPS) is 11.7. The summed E-state index contributed by atoms with van der Waals surface area (Å²) in [5.41, 5.74) is 7.33. The van der Waals surface area contributed by atoms with Crippen LogP contribution in [-0.4, -0.2) is 17.9 Å². The summed E-state index contributed by atoms with van der Waals surface area (Å²) in [6.07, 6.45) is 1.13. The molecule has 1 atom stereocenters. The molecule has 0 radical (unpaired) electrons. The van der Waals surface area contributed by atoms with Gasteiger partial charge in [-0.25, -0.2) is 0 Å². The number of carbonyl (C=O) groups excluding carboxylic acids is 2. The van der Waals surface area contributed by atoms with Crippen LogP contribution in [0, 0.1) is 0 Å². The van der Waals surface area contributed by atoms with Crippen LogP contribution in [0.25, 0.3) is 0 Å². The summed E-state index contributed by atoms with van der Waals surface area (Å²) in [5, 5.41) is 5.52. The van der Waals surface area contributed by atoms with Gasteiger partial charge < -0.3 is 16.4 Å². The Morgan fingerprint density at radius 2 is 1.89 bits per heavy atom. The van der Waals surface area contributed by atoms with Crippen LogP contribution in [0.5, 0.6) is 0 Å². The molecule has 1 unspecified atom stereocenters. The molecule has 2 amide bonds. The van der Waals surface area contributed by atoms with Crippen LogP contribution >= 0.6 is 0 Å². The van der Waals surface area contributed by atoms with Gasteiger partial charge in [0.1, 0.15) is 0 Å². The van der Waals surface area contributed by atoms with Crippen LogP contribution in [0.15, 0.2) is 24.3 Å². The van der Waals surface area contributed by atoms with Gasteiger partial charge in [0, 0.05) is 31.6 Å². The third-order valence-electron chi connectivity index (χ3n) is 2.59. The molecule has 1 aromatic rings. The second kappa shape index (κ2) is 7.53. The Hall–Kier alpha value is -1.88. The van der Waals surface area contributed by atoms with E-state index in [0.717, 1.165) is 11.3 Å². The minimum absolute atomic E-state index is 0.00300. The van der Waals surface area contributed by atoms with Crippen molar-refractivity contribution in [1.29, 1.82) is 0 Å². The lowest BCUT2D eigenvalue weighted by Gasteiger charge is -2.08. The van der Waals surface area contributed by atoms with Crippen molar-refractivity contribution >= 4 is 17.5 Å². The molecule has 0 spiro atoms. The maximum atomic E-state index is 11.5. The molecular weight excluding hydrogens is 242 g/mol. The Morgan fingerprint density at radius 3 is 2.42 bits per heavy atom. The molecule has 0 saturated heterocycles. The number of rotatable bonds is 6. The lowest BCUT2D eigenvalue weighted by Crippen LogP contribution is -2.25. The van der Waals surface area contributed by atoms with Gasteiger partial charge in [0.25, 0.3) is 0 Å². The van der Waals surface area contributed by atoms with Crippen LogP contribution in [0.3, 0.4) is 0 Å². The van der Waals surface area contributed by atoms with Crippen LogP contribution in [0.4, 0.5) is 5.69 Å². The van der Waals surface area contributed by atoms with Crippen LogP contribution < -0.4 is 16.4 Å². The first-order valence-corrected chi connectivity index (χ1v) is 6.36. The van der Waals surface area contributed by atoms with Gasteiger partial charge in [-0.1, -0.05) is 12.1 Å². The molecule has 0 fully saturated rings. The summed E-state index contributed by atoms with van der Waals surface area (Å²) >= 11 is 0. The Labute approximate surface area is 113 Å². The van der Waals surface area contributed by atoms with Crippen molar-refractivity contribution in [3.05, 3.63) is 29.8 Å². The van der Waals surface area contributed by atoms with Gasteiger partial charge in [-0.15, -0.1) is 0 Å². The van der Waals surface area contributed by atoms with Gasteiger partial charge >= 0.3 is 0 Å². The number of nitrogens with one attached hydrogen (secondary N) is 2. The standard InChI is InChI=1S/C14H21N3O2/c1-10(15)3-8-14(19)16-9-12-4-6-13(7-5-12)17-11(2)18/h4-7,10H,3,8-9,15H2,1-2H3,(H,16,19)(H,17,18). The Balaban J connectivity index is 2.37. The van der Waals surface area contributed by atoms with Crippen molar-refractivity contribution in [3.63, 3.8) is 0 Å².